The number of carboxylic acids is 1. The Bertz CT molecular complexity index is 1300. The zero-order valence-electron chi connectivity index (χ0n) is 15.9. The number of nitrogens with zero attached hydrogens (tertiary/aromatic N) is 4. The van der Waals surface area contributed by atoms with Crippen molar-refractivity contribution in [3.05, 3.63) is 57.5 Å². The molecule has 0 bridgehead atoms. The lowest BCUT2D eigenvalue weighted by Gasteiger charge is -2.20. The molecule has 4 aromatic rings. The van der Waals surface area contributed by atoms with Crippen molar-refractivity contribution in [1.82, 2.24) is 15.0 Å². The third-order valence-electron chi connectivity index (χ3n) is 5.27. The average Bonchev–Trinajstić information content (AvgIpc) is 3.33. The predicted molar refractivity (Wildman–Crippen MR) is 110 cm³/mol. The number of aromatic nitrogens is 3. The number of fused-ring (bicyclic) bond motifs is 2. The summed E-state index contributed by atoms with van der Waals surface area (Å²) in [5.74, 6) is -1.43. The van der Waals surface area contributed by atoms with E-state index in [-0.39, 0.29) is 13.0 Å². The van der Waals surface area contributed by atoms with E-state index in [2.05, 4.69) is 16.4 Å². The fraction of sp³-hybridized carbons (Fsp3) is 0.238. The second-order valence-electron chi connectivity index (χ2n) is 6.99. The van der Waals surface area contributed by atoms with E-state index < -0.39 is 11.9 Å². The van der Waals surface area contributed by atoms with Crippen LogP contribution < -0.4 is 0 Å². The summed E-state index contributed by atoms with van der Waals surface area (Å²) in [5.41, 5.74) is 4.72. The summed E-state index contributed by atoms with van der Waals surface area (Å²) >= 11 is 1.54. The highest BCUT2D eigenvalue weighted by molar-refractivity contribution is 7.17. The molecule has 2 aromatic carbocycles. The zero-order chi connectivity index (χ0) is 20.7. The van der Waals surface area contributed by atoms with Crippen molar-refractivity contribution < 1.29 is 15.0 Å². The maximum absolute atomic E-state index is 11.7. The molecule has 7 nitrogen and oxygen atoms in total. The Morgan fingerprint density at radius 3 is 2.86 bits per heavy atom. The van der Waals surface area contributed by atoms with Gasteiger partial charge in [0.05, 0.1) is 18.6 Å². The first kappa shape index (κ1) is 19.1. The molecule has 0 saturated carbocycles. The van der Waals surface area contributed by atoms with Gasteiger partial charge in [0.15, 0.2) is 0 Å². The molecule has 0 saturated heterocycles. The van der Waals surface area contributed by atoms with Crippen molar-refractivity contribution in [3.63, 3.8) is 0 Å². The third-order valence-corrected chi connectivity index (χ3v) is 6.27. The summed E-state index contributed by atoms with van der Waals surface area (Å²) in [7, 11) is 1.72. The minimum Gasteiger partial charge on any atom is -0.481 e. The fourth-order valence-corrected chi connectivity index (χ4v) is 4.80. The molecule has 1 atom stereocenters. The van der Waals surface area contributed by atoms with Crippen molar-refractivity contribution in [1.29, 1.82) is 5.26 Å². The van der Waals surface area contributed by atoms with E-state index in [0.717, 1.165) is 32.3 Å². The number of hydrogen-bond acceptors (Lipinski definition) is 6. The molecular weight excluding hydrogens is 388 g/mol. The molecule has 2 heterocycles. The highest BCUT2D eigenvalue weighted by Crippen LogP contribution is 2.37. The maximum Gasteiger partial charge on any atom is 0.304 e. The van der Waals surface area contributed by atoms with Gasteiger partial charge in [0.1, 0.15) is 17.1 Å². The molecule has 29 heavy (non-hydrogen) atoms. The van der Waals surface area contributed by atoms with Crippen molar-refractivity contribution >= 4 is 38.4 Å². The summed E-state index contributed by atoms with van der Waals surface area (Å²) in [5, 5.41) is 40.2. The van der Waals surface area contributed by atoms with Gasteiger partial charge in [-0.05, 0) is 58.1 Å². The number of aliphatic carboxylic acids is 1. The number of carboxylic acid groups (broad SMARTS) is 1. The quantitative estimate of drug-likeness (QED) is 0.525. The van der Waals surface area contributed by atoms with Crippen LogP contribution in [0, 0.1) is 18.3 Å². The largest absolute Gasteiger partial charge is 0.481 e. The predicted octanol–water partition coefficient (Wildman–Crippen LogP) is 3.46. The molecular formula is C21H18N4O3S. The Morgan fingerprint density at radius 1 is 1.38 bits per heavy atom. The Hall–Kier alpha value is -3.28. The smallest absolute Gasteiger partial charge is 0.304 e. The minimum atomic E-state index is -0.942. The standard InChI is InChI=1S/C21H18N4O3S/c1-11-16(7-14(9-22)20-19(11)23-24-25(20)2)17(8-18(27)28)13-5-12-3-4-29-21(12)15(6-13)10-26/h3-7,17,26H,8,10H2,1-2H3,(H,27,28). The van der Waals surface area contributed by atoms with E-state index in [1.54, 1.807) is 29.1 Å². The van der Waals surface area contributed by atoms with Crippen LogP contribution >= 0.6 is 11.3 Å². The van der Waals surface area contributed by atoms with Crippen LogP contribution in [0.2, 0.25) is 0 Å². The number of rotatable bonds is 5. The number of carbonyl (C=O) groups is 1. The van der Waals surface area contributed by atoms with Gasteiger partial charge in [0.2, 0.25) is 0 Å². The zero-order valence-corrected chi connectivity index (χ0v) is 16.7. The lowest BCUT2D eigenvalue weighted by molar-refractivity contribution is -0.137. The van der Waals surface area contributed by atoms with Crippen LogP contribution in [0.4, 0.5) is 0 Å². The van der Waals surface area contributed by atoms with Gasteiger partial charge >= 0.3 is 5.97 Å². The highest BCUT2D eigenvalue weighted by Gasteiger charge is 2.25. The first-order chi connectivity index (χ1) is 13.9. The molecule has 0 fully saturated rings. The first-order valence-corrected chi connectivity index (χ1v) is 9.88. The molecule has 0 spiro atoms. The van der Waals surface area contributed by atoms with Gasteiger partial charge in [-0.15, -0.1) is 16.4 Å². The Morgan fingerprint density at radius 2 is 2.17 bits per heavy atom. The van der Waals surface area contributed by atoms with E-state index >= 15 is 0 Å². The average molecular weight is 406 g/mol. The Balaban J connectivity index is 1.99. The number of nitriles is 1. The minimum absolute atomic E-state index is 0.129. The summed E-state index contributed by atoms with van der Waals surface area (Å²) < 4.78 is 2.54. The summed E-state index contributed by atoms with van der Waals surface area (Å²) in [6.45, 7) is 1.74. The number of aryl methyl sites for hydroxylation is 2. The van der Waals surface area contributed by atoms with Crippen molar-refractivity contribution in [2.75, 3.05) is 0 Å². The van der Waals surface area contributed by atoms with Crippen LogP contribution in [0.3, 0.4) is 0 Å². The SMILES string of the molecule is Cc1c(C(CC(=O)O)c2cc(CO)c3sccc3c2)cc(C#N)c2c1nnn2C. The molecule has 0 aliphatic rings. The normalized spacial score (nSPS) is 12.3. The van der Waals surface area contributed by atoms with Gasteiger partial charge in [-0.3, -0.25) is 4.79 Å². The molecule has 2 aromatic heterocycles. The van der Waals surface area contributed by atoms with Gasteiger partial charge in [-0.25, -0.2) is 4.68 Å². The second-order valence-corrected chi connectivity index (χ2v) is 7.90. The van der Waals surface area contributed by atoms with E-state index in [1.807, 2.05) is 30.5 Å². The second kappa shape index (κ2) is 7.28. The summed E-state index contributed by atoms with van der Waals surface area (Å²) in [6, 6.07) is 9.71. The van der Waals surface area contributed by atoms with Crippen molar-refractivity contribution in [2.45, 2.75) is 25.9 Å². The molecule has 1 unspecified atom stereocenters. The van der Waals surface area contributed by atoms with Gasteiger partial charge in [0, 0.05) is 17.7 Å². The molecule has 8 heteroatoms. The molecule has 0 aliphatic heterocycles. The Labute approximate surface area is 170 Å². The van der Waals surface area contributed by atoms with Gasteiger partial charge in [-0.2, -0.15) is 5.26 Å². The number of benzene rings is 2. The molecule has 0 aliphatic carbocycles. The van der Waals surface area contributed by atoms with Crippen molar-refractivity contribution in [2.24, 2.45) is 7.05 Å². The molecule has 146 valence electrons. The number of aliphatic hydroxyl groups excluding tert-OH is 1. The summed E-state index contributed by atoms with van der Waals surface area (Å²) in [4.78, 5) is 11.7. The maximum atomic E-state index is 11.7. The van der Waals surface area contributed by atoms with Gasteiger partial charge < -0.3 is 10.2 Å². The lowest BCUT2D eigenvalue weighted by atomic mass is 9.83. The number of aliphatic hydroxyl groups is 1. The topological polar surface area (TPSA) is 112 Å². The lowest BCUT2D eigenvalue weighted by Crippen LogP contribution is -2.11. The fourth-order valence-electron chi connectivity index (χ4n) is 3.91. The van der Waals surface area contributed by atoms with Crippen LogP contribution in [0.5, 0.6) is 0 Å². The number of hydrogen-bond donors (Lipinski definition) is 2. The first-order valence-electron chi connectivity index (χ1n) is 9.00. The summed E-state index contributed by atoms with van der Waals surface area (Å²) in [6.07, 6.45) is -0.141. The van der Waals surface area contributed by atoms with E-state index in [1.165, 1.54) is 0 Å². The van der Waals surface area contributed by atoms with Crippen LogP contribution in [0.1, 0.15) is 40.2 Å². The van der Waals surface area contributed by atoms with Crippen LogP contribution in [0.15, 0.2) is 29.6 Å². The van der Waals surface area contributed by atoms with Crippen LogP contribution in [0.25, 0.3) is 21.1 Å². The van der Waals surface area contributed by atoms with Crippen molar-refractivity contribution in [3.8, 4) is 6.07 Å². The van der Waals surface area contributed by atoms with Gasteiger partial charge in [-0.1, -0.05) is 11.3 Å². The Kier molecular flexibility index (Phi) is 4.78. The molecule has 4 rings (SSSR count). The van der Waals surface area contributed by atoms with E-state index in [0.29, 0.717) is 16.6 Å². The molecule has 0 radical (unpaired) electrons. The van der Waals surface area contributed by atoms with E-state index in [4.69, 9.17) is 0 Å². The molecule has 0 amide bonds. The van der Waals surface area contributed by atoms with Crippen LogP contribution in [-0.2, 0) is 18.4 Å². The number of thiophene rings is 1. The van der Waals surface area contributed by atoms with E-state index in [9.17, 15) is 20.3 Å². The molecule has 2 N–H and O–H groups in total. The monoisotopic (exact) mass is 406 g/mol. The van der Waals surface area contributed by atoms with Crippen LogP contribution in [-0.4, -0.2) is 31.2 Å². The van der Waals surface area contributed by atoms with Gasteiger partial charge in [0.25, 0.3) is 0 Å². The third kappa shape index (κ3) is 3.14. The highest BCUT2D eigenvalue weighted by atomic mass is 32.1.